The lowest BCUT2D eigenvalue weighted by atomic mass is 10.0. The number of amides is 1. The average molecular weight is 384 g/mol. The molecule has 2 aromatic rings. The van der Waals surface area contributed by atoms with E-state index < -0.39 is 5.97 Å². The van der Waals surface area contributed by atoms with Crippen LogP contribution < -0.4 is 9.64 Å². The van der Waals surface area contributed by atoms with E-state index in [1.54, 1.807) is 62.6 Å². The molecule has 0 saturated heterocycles. The highest BCUT2D eigenvalue weighted by Crippen LogP contribution is 2.36. The van der Waals surface area contributed by atoms with Gasteiger partial charge in [-0.2, -0.15) is 0 Å². The zero-order valence-corrected chi connectivity index (χ0v) is 15.9. The second kappa shape index (κ2) is 7.68. The molecule has 0 unspecified atom stereocenters. The fourth-order valence-corrected chi connectivity index (χ4v) is 3.18. The van der Waals surface area contributed by atoms with E-state index >= 15 is 0 Å². The van der Waals surface area contributed by atoms with Crippen LogP contribution in [0.25, 0.3) is 6.08 Å². The zero-order chi connectivity index (χ0) is 19.6. The van der Waals surface area contributed by atoms with E-state index in [1.165, 1.54) is 12.0 Å². The molecular weight excluding hydrogens is 366 g/mol. The van der Waals surface area contributed by atoms with Crippen molar-refractivity contribution in [2.75, 3.05) is 19.1 Å². The summed E-state index contributed by atoms with van der Waals surface area (Å²) >= 11 is 6.03. The van der Waals surface area contributed by atoms with E-state index in [1.807, 2.05) is 6.07 Å². The molecule has 6 heteroatoms. The van der Waals surface area contributed by atoms with Crippen molar-refractivity contribution in [3.05, 3.63) is 76.0 Å². The van der Waals surface area contributed by atoms with Crippen molar-refractivity contribution in [2.24, 2.45) is 0 Å². The molecule has 0 radical (unpaired) electrons. The summed E-state index contributed by atoms with van der Waals surface area (Å²) in [4.78, 5) is 27.0. The number of halogens is 1. The van der Waals surface area contributed by atoms with Crippen LogP contribution in [0.15, 0.2) is 65.4 Å². The molecule has 1 amide bonds. The summed E-state index contributed by atoms with van der Waals surface area (Å²) in [5.74, 6) is -0.196. The Morgan fingerprint density at radius 3 is 2.41 bits per heavy atom. The maximum absolute atomic E-state index is 13.1. The molecule has 0 fully saturated rings. The molecule has 3 rings (SSSR count). The van der Waals surface area contributed by atoms with Gasteiger partial charge in [0, 0.05) is 16.4 Å². The Hall–Kier alpha value is -3.05. The molecular formula is C21H18ClNO4. The summed E-state index contributed by atoms with van der Waals surface area (Å²) in [5, 5.41) is 0.544. The molecule has 0 bridgehead atoms. The Bertz CT molecular complexity index is 960. The van der Waals surface area contributed by atoms with Gasteiger partial charge >= 0.3 is 5.97 Å². The van der Waals surface area contributed by atoms with Gasteiger partial charge in [-0.3, -0.25) is 9.69 Å². The number of hydrogen-bond acceptors (Lipinski definition) is 4. The minimum Gasteiger partial charge on any atom is -0.497 e. The number of esters is 1. The van der Waals surface area contributed by atoms with Gasteiger partial charge in [0.25, 0.3) is 5.91 Å². The third-order valence-electron chi connectivity index (χ3n) is 4.28. The van der Waals surface area contributed by atoms with E-state index in [9.17, 15) is 9.59 Å². The molecule has 27 heavy (non-hydrogen) atoms. The number of ether oxygens (including phenoxy) is 2. The second-order valence-corrected chi connectivity index (χ2v) is 6.34. The Labute approximate surface area is 162 Å². The van der Waals surface area contributed by atoms with Crippen LogP contribution in [0.4, 0.5) is 5.69 Å². The minimum atomic E-state index is -0.565. The van der Waals surface area contributed by atoms with Gasteiger partial charge in [0.05, 0.1) is 25.4 Å². The molecule has 0 saturated carbocycles. The number of anilines is 1. The number of carbonyl (C=O) groups excluding carboxylic acids is 2. The number of benzene rings is 2. The third kappa shape index (κ3) is 3.59. The molecule has 5 nitrogen and oxygen atoms in total. The molecule has 2 aromatic carbocycles. The fraction of sp³-hybridized carbons (Fsp3) is 0.143. The maximum atomic E-state index is 13.1. The molecule has 1 aliphatic rings. The number of allylic oxidation sites excluding steroid dienone is 1. The van der Waals surface area contributed by atoms with Crippen molar-refractivity contribution in [1.82, 2.24) is 0 Å². The Morgan fingerprint density at radius 1 is 1.11 bits per heavy atom. The SMILES string of the molecule is COC(=O)C1=C(C)N(c2ccc(OC)cc2)C(=O)C1=Cc1cccc(Cl)c1. The Morgan fingerprint density at radius 2 is 1.81 bits per heavy atom. The van der Waals surface area contributed by atoms with Crippen LogP contribution in [-0.4, -0.2) is 26.1 Å². The van der Waals surface area contributed by atoms with E-state index in [2.05, 4.69) is 0 Å². The zero-order valence-electron chi connectivity index (χ0n) is 15.2. The van der Waals surface area contributed by atoms with Crippen molar-refractivity contribution >= 4 is 35.2 Å². The highest BCUT2D eigenvalue weighted by atomic mass is 35.5. The summed E-state index contributed by atoms with van der Waals surface area (Å²) < 4.78 is 10.1. The monoisotopic (exact) mass is 383 g/mol. The van der Waals surface area contributed by atoms with Gasteiger partial charge in [0.15, 0.2) is 0 Å². The number of nitrogens with zero attached hydrogens (tertiary/aromatic N) is 1. The van der Waals surface area contributed by atoms with Crippen molar-refractivity contribution in [3.63, 3.8) is 0 Å². The lowest BCUT2D eigenvalue weighted by Crippen LogP contribution is -2.24. The molecule has 1 heterocycles. The largest absolute Gasteiger partial charge is 0.497 e. The van der Waals surface area contributed by atoms with E-state index in [0.29, 0.717) is 22.2 Å². The molecule has 0 atom stereocenters. The lowest BCUT2D eigenvalue weighted by molar-refractivity contribution is -0.136. The summed E-state index contributed by atoms with van der Waals surface area (Å²) in [6, 6.07) is 14.1. The number of hydrogen-bond donors (Lipinski definition) is 0. The molecule has 1 aliphatic heterocycles. The van der Waals surface area contributed by atoms with Crippen LogP contribution in [0.2, 0.25) is 5.02 Å². The molecule has 0 N–H and O–H groups in total. The van der Waals surface area contributed by atoms with Gasteiger partial charge in [0.2, 0.25) is 0 Å². The normalized spacial score (nSPS) is 15.5. The van der Waals surface area contributed by atoms with Crippen LogP contribution in [-0.2, 0) is 14.3 Å². The average Bonchev–Trinajstić information content (AvgIpc) is 2.91. The Balaban J connectivity index is 2.11. The molecule has 0 aromatic heterocycles. The molecule has 0 spiro atoms. The van der Waals surface area contributed by atoms with E-state index in [4.69, 9.17) is 21.1 Å². The third-order valence-corrected chi connectivity index (χ3v) is 4.51. The summed E-state index contributed by atoms with van der Waals surface area (Å²) in [7, 11) is 2.86. The maximum Gasteiger partial charge on any atom is 0.340 e. The predicted molar refractivity (Wildman–Crippen MR) is 105 cm³/mol. The van der Waals surface area contributed by atoms with Gasteiger partial charge in [0.1, 0.15) is 5.75 Å². The summed E-state index contributed by atoms with van der Waals surface area (Å²) in [5.41, 5.74) is 2.35. The second-order valence-electron chi connectivity index (χ2n) is 5.90. The first-order chi connectivity index (χ1) is 13.0. The summed E-state index contributed by atoms with van der Waals surface area (Å²) in [6.45, 7) is 1.72. The van der Waals surface area contributed by atoms with Crippen LogP contribution in [0.5, 0.6) is 5.75 Å². The van der Waals surface area contributed by atoms with Gasteiger partial charge in [-0.05, 0) is 55.0 Å². The number of rotatable bonds is 4. The number of carbonyl (C=O) groups is 2. The van der Waals surface area contributed by atoms with Gasteiger partial charge in [-0.25, -0.2) is 4.79 Å². The minimum absolute atomic E-state index is 0.235. The van der Waals surface area contributed by atoms with Crippen molar-refractivity contribution in [1.29, 1.82) is 0 Å². The van der Waals surface area contributed by atoms with Crippen molar-refractivity contribution in [3.8, 4) is 5.75 Å². The Kier molecular flexibility index (Phi) is 5.33. The highest BCUT2D eigenvalue weighted by Gasteiger charge is 2.37. The highest BCUT2D eigenvalue weighted by molar-refractivity contribution is 6.30. The van der Waals surface area contributed by atoms with Gasteiger partial charge in [-0.1, -0.05) is 23.7 Å². The first-order valence-electron chi connectivity index (χ1n) is 8.21. The van der Waals surface area contributed by atoms with E-state index in [0.717, 1.165) is 5.56 Å². The fourth-order valence-electron chi connectivity index (χ4n) is 2.99. The van der Waals surface area contributed by atoms with Crippen molar-refractivity contribution < 1.29 is 19.1 Å². The summed E-state index contributed by atoms with van der Waals surface area (Å²) in [6.07, 6.45) is 1.65. The molecule has 0 aliphatic carbocycles. The van der Waals surface area contributed by atoms with Crippen LogP contribution >= 0.6 is 11.6 Å². The van der Waals surface area contributed by atoms with Crippen LogP contribution in [0.1, 0.15) is 12.5 Å². The smallest absolute Gasteiger partial charge is 0.340 e. The number of methoxy groups -OCH3 is 2. The molecule has 138 valence electrons. The van der Waals surface area contributed by atoms with Gasteiger partial charge < -0.3 is 9.47 Å². The van der Waals surface area contributed by atoms with Gasteiger partial charge in [-0.15, -0.1) is 0 Å². The first-order valence-corrected chi connectivity index (χ1v) is 8.59. The van der Waals surface area contributed by atoms with Crippen LogP contribution in [0, 0.1) is 0 Å². The lowest BCUT2D eigenvalue weighted by Gasteiger charge is -2.18. The van der Waals surface area contributed by atoms with Crippen molar-refractivity contribution in [2.45, 2.75) is 6.92 Å². The first kappa shape index (κ1) is 18.7. The van der Waals surface area contributed by atoms with E-state index in [-0.39, 0.29) is 17.1 Å². The predicted octanol–water partition coefficient (Wildman–Crippen LogP) is 4.23. The standard InChI is InChI=1S/C21H18ClNO4/c1-13-19(21(25)27-3)18(12-14-5-4-6-15(22)11-14)20(24)23(13)16-7-9-17(26-2)10-8-16/h4-12H,1-3H3. The van der Waals surface area contributed by atoms with Crippen LogP contribution in [0.3, 0.4) is 0 Å². The quantitative estimate of drug-likeness (QED) is 0.585. The topological polar surface area (TPSA) is 55.8 Å².